The third-order valence-corrected chi connectivity index (χ3v) is 3.90. The van der Waals surface area contributed by atoms with Crippen LogP contribution in [0, 0.1) is 5.92 Å². The maximum absolute atomic E-state index is 12.1. The molecule has 1 aromatic rings. The molecule has 1 saturated heterocycles. The minimum atomic E-state index is -0.536. The monoisotopic (exact) mass is 346 g/mol. The fourth-order valence-corrected chi connectivity index (χ4v) is 2.72. The van der Waals surface area contributed by atoms with Gasteiger partial charge in [-0.05, 0) is 45.4 Å². The van der Waals surface area contributed by atoms with E-state index >= 15 is 0 Å². The molecule has 2 rings (SSSR count). The largest absolute Gasteiger partial charge is 0.456 e. The van der Waals surface area contributed by atoms with Crippen LogP contribution in [0.5, 0.6) is 0 Å². The molecule has 1 fully saturated rings. The summed E-state index contributed by atoms with van der Waals surface area (Å²) in [7, 11) is 0. The van der Waals surface area contributed by atoms with Gasteiger partial charge in [-0.25, -0.2) is 4.79 Å². The molecule has 1 atom stereocenters. The van der Waals surface area contributed by atoms with Crippen molar-refractivity contribution >= 4 is 17.8 Å². The van der Waals surface area contributed by atoms with Crippen molar-refractivity contribution in [2.75, 3.05) is 13.1 Å². The zero-order chi connectivity index (χ0) is 18.6. The highest BCUT2D eigenvalue weighted by molar-refractivity contribution is 5.90. The van der Waals surface area contributed by atoms with Gasteiger partial charge in [0, 0.05) is 26.1 Å². The standard InChI is InChI=1S/C19H26N2O4/c1-5-20-17(23)15-10-16(22)21(12-15)11-13-6-8-14(9-7-13)18(24)25-19(2,3)4/h6-9,15H,5,10-12H2,1-4H3,(H,20,23). The number of rotatable bonds is 5. The van der Waals surface area contributed by atoms with Gasteiger partial charge in [-0.1, -0.05) is 12.1 Å². The van der Waals surface area contributed by atoms with Gasteiger partial charge in [0.2, 0.25) is 11.8 Å². The summed E-state index contributed by atoms with van der Waals surface area (Å²) in [5, 5.41) is 2.76. The van der Waals surface area contributed by atoms with Gasteiger partial charge in [0.15, 0.2) is 0 Å². The second-order valence-electron chi connectivity index (χ2n) is 7.27. The molecule has 1 heterocycles. The van der Waals surface area contributed by atoms with E-state index in [1.54, 1.807) is 17.0 Å². The van der Waals surface area contributed by atoms with Crippen LogP contribution in [-0.2, 0) is 20.9 Å². The number of nitrogens with one attached hydrogen (secondary N) is 1. The summed E-state index contributed by atoms with van der Waals surface area (Å²) in [6.07, 6.45) is 0.252. The van der Waals surface area contributed by atoms with Crippen molar-refractivity contribution in [3.8, 4) is 0 Å². The third kappa shape index (κ3) is 5.31. The Kier molecular flexibility index (Phi) is 5.82. The topological polar surface area (TPSA) is 75.7 Å². The van der Waals surface area contributed by atoms with Crippen LogP contribution in [0.25, 0.3) is 0 Å². The van der Waals surface area contributed by atoms with E-state index in [4.69, 9.17) is 4.74 Å². The second kappa shape index (κ2) is 7.68. The number of amides is 2. The minimum Gasteiger partial charge on any atom is -0.456 e. The number of hydrogen-bond acceptors (Lipinski definition) is 4. The van der Waals surface area contributed by atoms with E-state index in [2.05, 4.69) is 5.32 Å². The number of hydrogen-bond donors (Lipinski definition) is 1. The van der Waals surface area contributed by atoms with Crippen molar-refractivity contribution in [1.82, 2.24) is 10.2 Å². The lowest BCUT2D eigenvalue weighted by molar-refractivity contribution is -0.129. The minimum absolute atomic E-state index is 0.0209. The first kappa shape index (κ1) is 19.0. The van der Waals surface area contributed by atoms with Crippen LogP contribution >= 0.6 is 0 Å². The molecular weight excluding hydrogens is 320 g/mol. The normalized spacial score (nSPS) is 17.5. The summed E-state index contributed by atoms with van der Waals surface area (Å²) in [6, 6.07) is 7.02. The van der Waals surface area contributed by atoms with Crippen LogP contribution in [0.1, 0.15) is 50.0 Å². The van der Waals surface area contributed by atoms with E-state index in [1.165, 1.54) is 0 Å². The van der Waals surface area contributed by atoms with Gasteiger partial charge in [-0.15, -0.1) is 0 Å². The molecule has 1 aromatic carbocycles. The third-order valence-electron chi connectivity index (χ3n) is 3.90. The Labute approximate surface area is 148 Å². The molecule has 1 N–H and O–H groups in total. The van der Waals surface area contributed by atoms with E-state index in [9.17, 15) is 14.4 Å². The van der Waals surface area contributed by atoms with Crippen molar-refractivity contribution in [3.63, 3.8) is 0 Å². The van der Waals surface area contributed by atoms with Gasteiger partial charge in [-0.3, -0.25) is 9.59 Å². The molecule has 25 heavy (non-hydrogen) atoms. The van der Waals surface area contributed by atoms with Crippen molar-refractivity contribution in [2.45, 2.75) is 46.3 Å². The van der Waals surface area contributed by atoms with Crippen molar-refractivity contribution in [3.05, 3.63) is 35.4 Å². The smallest absolute Gasteiger partial charge is 0.338 e. The van der Waals surface area contributed by atoms with Gasteiger partial charge in [0.25, 0.3) is 0 Å². The lowest BCUT2D eigenvalue weighted by Crippen LogP contribution is -2.32. The van der Waals surface area contributed by atoms with Crippen LogP contribution in [0.4, 0.5) is 0 Å². The Morgan fingerprint density at radius 1 is 1.24 bits per heavy atom. The Bertz CT molecular complexity index is 646. The fraction of sp³-hybridized carbons (Fsp3) is 0.526. The highest BCUT2D eigenvalue weighted by Crippen LogP contribution is 2.21. The fourth-order valence-electron chi connectivity index (χ4n) is 2.72. The van der Waals surface area contributed by atoms with Gasteiger partial charge < -0.3 is 15.0 Å². The lowest BCUT2D eigenvalue weighted by atomic mass is 10.1. The zero-order valence-corrected chi connectivity index (χ0v) is 15.3. The zero-order valence-electron chi connectivity index (χ0n) is 15.3. The summed E-state index contributed by atoms with van der Waals surface area (Å²) in [6.45, 7) is 8.76. The van der Waals surface area contributed by atoms with Crippen molar-refractivity contribution in [1.29, 1.82) is 0 Å². The molecule has 6 heteroatoms. The molecule has 1 aliphatic heterocycles. The van der Waals surface area contributed by atoms with Crippen LogP contribution < -0.4 is 5.32 Å². The van der Waals surface area contributed by atoms with E-state index in [0.29, 0.717) is 25.2 Å². The maximum Gasteiger partial charge on any atom is 0.338 e. The first-order chi connectivity index (χ1) is 11.7. The molecular formula is C19H26N2O4. The van der Waals surface area contributed by atoms with Gasteiger partial charge in [0.1, 0.15) is 5.60 Å². The maximum atomic E-state index is 12.1. The van der Waals surface area contributed by atoms with E-state index in [-0.39, 0.29) is 30.1 Å². The number of nitrogens with zero attached hydrogens (tertiary/aromatic N) is 1. The lowest BCUT2D eigenvalue weighted by Gasteiger charge is -2.20. The molecule has 2 amide bonds. The molecule has 0 bridgehead atoms. The summed E-state index contributed by atoms with van der Waals surface area (Å²) in [5.41, 5.74) is 0.857. The Balaban J connectivity index is 1.96. The summed E-state index contributed by atoms with van der Waals surface area (Å²) < 4.78 is 5.33. The molecule has 0 radical (unpaired) electrons. The second-order valence-corrected chi connectivity index (χ2v) is 7.27. The summed E-state index contributed by atoms with van der Waals surface area (Å²) >= 11 is 0. The van der Waals surface area contributed by atoms with Crippen LogP contribution in [0.2, 0.25) is 0 Å². The predicted octanol–water partition coefficient (Wildman–Crippen LogP) is 2.13. The van der Waals surface area contributed by atoms with Crippen molar-refractivity contribution < 1.29 is 19.1 Å². The number of esters is 1. The first-order valence-electron chi connectivity index (χ1n) is 8.57. The summed E-state index contributed by atoms with van der Waals surface area (Å²) in [5.74, 6) is -0.743. The van der Waals surface area contributed by atoms with Crippen molar-refractivity contribution in [2.24, 2.45) is 5.92 Å². The van der Waals surface area contributed by atoms with E-state index in [0.717, 1.165) is 5.56 Å². The van der Waals surface area contributed by atoms with Gasteiger partial charge in [-0.2, -0.15) is 0 Å². The Morgan fingerprint density at radius 2 is 1.88 bits per heavy atom. The van der Waals surface area contributed by atoms with E-state index in [1.807, 2.05) is 39.8 Å². The Morgan fingerprint density at radius 3 is 2.44 bits per heavy atom. The average molecular weight is 346 g/mol. The number of carbonyl (C=O) groups excluding carboxylic acids is 3. The quantitative estimate of drug-likeness (QED) is 0.829. The highest BCUT2D eigenvalue weighted by atomic mass is 16.6. The molecule has 1 aliphatic rings. The Hall–Kier alpha value is -2.37. The van der Waals surface area contributed by atoms with Gasteiger partial charge in [0.05, 0.1) is 11.5 Å². The van der Waals surface area contributed by atoms with Crippen LogP contribution in [-0.4, -0.2) is 41.4 Å². The molecule has 0 spiro atoms. The van der Waals surface area contributed by atoms with Crippen LogP contribution in [0.15, 0.2) is 24.3 Å². The molecule has 136 valence electrons. The average Bonchev–Trinajstić information content (AvgIpc) is 2.88. The van der Waals surface area contributed by atoms with E-state index < -0.39 is 5.60 Å². The number of likely N-dealkylation sites (tertiary alicyclic amines) is 1. The number of ether oxygens (including phenoxy) is 1. The molecule has 6 nitrogen and oxygen atoms in total. The van der Waals surface area contributed by atoms with Gasteiger partial charge >= 0.3 is 5.97 Å². The molecule has 0 saturated carbocycles. The number of benzene rings is 1. The summed E-state index contributed by atoms with van der Waals surface area (Å²) in [4.78, 5) is 37.7. The first-order valence-corrected chi connectivity index (χ1v) is 8.57. The van der Waals surface area contributed by atoms with Crippen LogP contribution in [0.3, 0.4) is 0 Å². The highest BCUT2D eigenvalue weighted by Gasteiger charge is 2.33. The number of carbonyl (C=O) groups is 3. The molecule has 0 aromatic heterocycles. The molecule has 1 unspecified atom stereocenters. The SMILES string of the molecule is CCNC(=O)C1CC(=O)N(Cc2ccc(C(=O)OC(C)(C)C)cc2)C1. The molecule has 0 aliphatic carbocycles. The predicted molar refractivity (Wildman–Crippen MR) is 93.8 cm³/mol.